The van der Waals surface area contributed by atoms with Crippen molar-refractivity contribution >= 4 is 29.1 Å². The Morgan fingerprint density at radius 1 is 1.11 bits per heavy atom. The molecule has 2 saturated carbocycles. The molecule has 4 rings (SSSR count). The summed E-state index contributed by atoms with van der Waals surface area (Å²) < 4.78 is 20.9. The molecule has 2 aliphatic rings. The van der Waals surface area contributed by atoms with Crippen molar-refractivity contribution in [2.24, 2.45) is 11.8 Å². The van der Waals surface area contributed by atoms with Crippen LogP contribution in [0.2, 0.25) is 0 Å². The Morgan fingerprint density at radius 2 is 1.81 bits per heavy atom. The first-order valence-corrected chi connectivity index (χ1v) is 13.4. The van der Waals surface area contributed by atoms with Gasteiger partial charge in [0.25, 0.3) is 0 Å². The van der Waals surface area contributed by atoms with Crippen LogP contribution >= 0.6 is 0 Å². The molecule has 0 spiro atoms. The molecule has 0 bridgehead atoms. The minimum absolute atomic E-state index is 0.267. The number of aliphatic carboxylic acids is 1. The minimum atomic E-state index is -0.917. The summed E-state index contributed by atoms with van der Waals surface area (Å²) in [6.07, 6.45) is 5.91. The van der Waals surface area contributed by atoms with Gasteiger partial charge in [-0.05, 0) is 74.1 Å². The van der Waals surface area contributed by atoms with Gasteiger partial charge in [0.1, 0.15) is 11.6 Å². The summed E-state index contributed by atoms with van der Waals surface area (Å²) in [6, 6.07) is 10.1. The number of hydrogen-bond donors (Lipinski definition) is 3. The zero-order valence-corrected chi connectivity index (χ0v) is 21.9. The minimum Gasteiger partial charge on any atom is -0.494 e. The van der Waals surface area contributed by atoms with E-state index in [2.05, 4.69) is 29.4 Å². The molecular weight excluding hydrogens is 473 g/mol. The number of carboxylic acid groups (broad SMARTS) is 1. The molecule has 2 aliphatic carbocycles. The fourth-order valence-corrected chi connectivity index (χ4v) is 5.33. The average Bonchev–Trinajstić information content (AvgIpc) is 3.66. The number of carbonyl (C=O) groups excluding carboxylic acids is 1. The molecule has 200 valence electrons. The van der Waals surface area contributed by atoms with Crippen molar-refractivity contribution in [2.45, 2.75) is 71.3 Å². The molecule has 0 aliphatic heterocycles. The zero-order valence-electron chi connectivity index (χ0n) is 21.9. The second-order valence-electron chi connectivity index (χ2n) is 10.6. The number of benzene rings is 2. The van der Waals surface area contributed by atoms with Crippen LogP contribution in [0.5, 0.6) is 5.75 Å². The summed E-state index contributed by atoms with van der Waals surface area (Å²) >= 11 is 0. The second kappa shape index (κ2) is 11.8. The Bertz CT molecular complexity index is 1100. The van der Waals surface area contributed by atoms with Crippen molar-refractivity contribution in [1.82, 2.24) is 0 Å². The number of anilines is 3. The van der Waals surface area contributed by atoms with Gasteiger partial charge < -0.3 is 25.4 Å². The molecule has 37 heavy (non-hydrogen) atoms. The third-order valence-electron chi connectivity index (χ3n) is 7.18. The van der Waals surface area contributed by atoms with E-state index < -0.39 is 23.7 Å². The Morgan fingerprint density at radius 3 is 2.41 bits per heavy atom. The van der Waals surface area contributed by atoms with Crippen molar-refractivity contribution in [3.63, 3.8) is 0 Å². The first-order valence-electron chi connectivity index (χ1n) is 13.4. The van der Waals surface area contributed by atoms with E-state index in [1.54, 1.807) is 30.3 Å². The largest absolute Gasteiger partial charge is 0.494 e. The summed E-state index contributed by atoms with van der Waals surface area (Å²) in [7, 11) is 0. The van der Waals surface area contributed by atoms with Gasteiger partial charge in [-0.25, -0.2) is 9.18 Å². The highest BCUT2D eigenvalue weighted by Crippen LogP contribution is 2.50. The van der Waals surface area contributed by atoms with Gasteiger partial charge in [0.2, 0.25) is 0 Å². The number of ether oxygens (including phenoxy) is 1. The summed E-state index contributed by atoms with van der Waals surface area (Å²) in [5, 5.41) is 15.2. The quantitative estimate of drug-likeness (QED) is 0.324. The van der Waals surface area contributed by atoms with Crippen LogP contribution in [0.4, 0.5) is 26.2 Å². The van der Waals surface area contributed by atoms with Gasteiger partial charge in [-0.3, -0.25) is 4.79 Å². The maximum atomic E-state index is 15.4. The van der Waals surface area contributed by atoms with Crippen LogP contribution in [0.1, 0.15) is 70.8 Å². The second-order valence-corrected chi connectivity index (χ2v) is 10.6. The predicted molar refractivity (Wildman–Crippen MR) is 144 cm³/mol. The van der Waals surface area contributed by atoms with Gasteiger partial charge in [-0.15, -0.1) is 0 Å². The van der Waals surface area contributed by atoms with Crippen LogP contribution in [0.25, 0.3) is 0 Å². The number of amides is 2. The summed E-state index contributed by atoms with van der Waals surface area (Å²) in [4.78, 5) is 26.8. The maximum Gasteiger partial charge on any atom is 0.323 e. The van der Waals surface area contributed by atoms with E-state index in [0.29, 0.717) is 47.3 Å². The van der Waals surface area contributed by atoms with Crippen molar-refractivity contribution in [3.8, 4) is 5.75 Å². The number of halogens is 1. The predicted octanol–water partition coefficient (Wildman–Crippen LogP) is 6.85. The molecule has 0 unspecified atom stereocenters. The van der Waals surface area contributed by atoms with Crippen LogP contribution in [-0.4, -0.2) is 36.3 Å². The monoisotopic (exact) mass is 511 g/mol. The molecule has 0 aromatic heterocycles. The molecule has 3 N–H and O–H groups in total. The SMILES string of the molecule is CCOc1ccc(NC(=O)Nc2cc([C@@H]3C[C@@H]3C(=O)O)c(F)cc2N(CC(C)C)C2CCCCC2)cc1. The van der Waals surface area contributed by atoms with Crippen molar-refractivity contribution < 1.29 is 23.8 Å². The van der Waals surface area contributed by atoms with Crippen LogP contribution in [0.3, 0.4) is 0 Å². The molecule has 2 atom stereocenters. The molecular formula is C29H38FN3O4. The average molecular weight is 512 g/mol. The highest BCUT2D eigenvalue weighted by molar-refractivity contribution is 6.02. The van der Waals surface area contributed by atoms with E-state index >= 15 is 4.39 Å². The maximum absolute atomic E-state index is 15.4. The third kappa shape index (κ3) is 6.73. The lowest BCUT2D eigenvalue weighted by Crippen LogP contribution is -2.40. The molecule has 7 nitrogen and oxygen atoms in total. The summed E-state index contributed by atoms with van der Waals surface area (Å²) in [5.74, 6) is -1.24. The fourth-order valence-electron chi connectivity index (χ4n) is 5.33. The topological polar surface area (TPSA) is 90.9 Å². The van der Waals surface area contributed by atoms with Gasteiger partial charge in [0.15, 0.2) is 0 Å². The number of nitrogens with zero attached hydrogens (tertiary/aromatic N) is 1. The van der Waals surface area contributed by atoms with Gasteiger partial charge >= 0.3 is 12.0 Å². The molecule has 0 heterocycles. The zero-order chi connectivity index (χ0) is 26.5. The summed E-state index contributed by atoms with van der Waals surface area (Å²) in [6.45, 7) is 7.46. The van der Waals surface area contributed by atoms with Gasteiger partial charge in [0, 0.05) is 24.2 Å². The number of rotatable bonds is 10. The first-order chi connectivity index (χ1) is 17.8. The lowest BCUT2D eigenvalue weighted by atomic mass is 9.92. The van der Waals surface area contributed by atoms with E-state index in [1.165, 1.54) is 12.5 Å². The molecule has 2 amide bonds. The normalized spacial score (nSPS) is 19.4. The molecule has 2 aromatic carbocycles. The van der Waals surface area contributed by atoms with Crippen LogP contribution in [0.15, 0.2) is 36.4 Å². The number of nitrogens with one attached hydrogen (secondary N) is 2. The lowest BCUT2D eigenvalue weighted by molar-refractivity contribution is -0.138. The third-order valence-corrected chi connectivity index (χ3v) is 7.18. The van der Waals surface area contributed by atoms with E-state index in [1.807, 2.05) is 6.92 Å². The Kier molecular flexibility index (Phi) is 8.56. The standard InChI is InChI=1S/C29H38FN3O4/c1-4-37-21-12-10-19(11-13-21)31-29(36)32-26-15-23(22-14-24(22)28(34)35)25(30)16-27(26)33(17-18(2)3)20-8-6-5-7-9-20/h10-13,15-16,18,20,22,24H,4-9,14,17H2,1-3H3,(H,34,35)(H2,31,32,36)/t22-,24-/m0/s1. The van der Waals surface area contributed by atoms with Crippen molar-refractivity contribution in [3.05, 3.63) is 47.8 Å². The Labute approximate surface area is 218 Å². The Hall–Kier alpha value is -3.29. The summed E-state index contributed by atoms with van der Waals surface area (Å²) in [5.41, 5.74) is 2.10. The van der Waals surface area contributed by atoms with Crippen LogP contribution in [0, 0.1) is 17.7 Å². The molecule has 2 aromatic rings. The van der Waals surface area contributed by atoms with Gasteiger partial charge in [-0.1, -0.05) is 33.1 Å². The van der Waals surface area contributed by atoms with Crippen LogP contribution < -0.4 is 20.3 Å². The van der Waals surface area contributed by atoms with Gasteiger partial charge in [-0.2, -0.15) is 0 Å². The highest BCUT2D eigenvalue weighted by atomic mass is 19.1. The molecule has 0 saturated heterocycles. The van der Waals surface area contributed by atoms with Gasteiger partial charge in [0.05, 0.1) is 23.9 Å². The number of urea groups is 1. The van der Waals surface area contributed by atoms with E-state index in [4.69, 9.17) is 4.74 Å². The lowest BCUT2D eigenvalue weighted by Gasteiger charge is -2.38. The highest BCUT2D eigenvalue weighted by Gasteiger charge is 2.46. The van der Waals surface area contributed by atoms with Crippen LogP contribution in [-0.2, 0) is 4.79 Å². The van der Waals surface area contributed by atoms with E-state index in [0.717, 1.165) is 32.2 Å². The smallest absolute Gasteiger partial charge is 0.323 e. The van der Waals surface area contributed by atoms with E-state index in [-0.39, 0.29) is 12.0 Å². The fraction of sp³-hybridized carbons (Fsp3) is 0.517. The number of hydrogen-bond acceptors (Lipinski definition) is 4. The van der Waals surface area contributed by atoms with E-state index in [9.17, 15) is 14.7 Å². The first kappa shape index (κ1) is 26.8. The van der Waals surface area contributed by atoms with Crippen molar-refractivity contribution in [2.75, 3.05) is 28.7 Å². The molecule has 2 fully saturated rings. The Balaban J connectivity index is 1.64. The molecule has 8 heteroatoms. The number of carboxylic acids is 1. The number of carbonyl (C=O) groups is 2. The molecule has 0 radical (unpaired) electrons. The van der Waals surface area contributed by atoms with Crippen molar-refractivity contribution in [1.29, 1.82) is 0 Å².